The molecule has 0 amide bonds. The molecule has 112 valence electrons. The lowest BCUT2D eigenvalue weighted by atomic mass is 10.1. The van der Waals surface area contributed by atoms with E-state index in [1.807, 2.05) is 43.3 Å². The molecule has 4 nitrogen and oxygen atoms in total. The lowest BCUT2D eigenvalue weighted by Crippen LogP contribution is -2.13. The van der Waals surface area contributed by atoms with E-state index in [0.29, 0.717) is 22.9 Å². The molecule has 1 atom stereocenters. The molecule has 1 aromatic heterocycles. The van der Waals surface area contributed by atoms with E-state index in [-0.39, 0.29) is 0 Å². The number of fused-ring (bicyclic) bond motifs is 1. The van der Waals surface area contributed by atoms with E-state index in [2.05, 4.69) is 15.3 Å². The van der Waals surface area contributed by atoms with Gasteiger partial charge in [-0.15, -0.1) is 0 Å². The standard InChI is InChI=1S/C17H16ClN3O/c1-11-6-7-15-13(8-11)17(21-10-20-15)19-9-16(22)12-4-2-3-5-14(12)18/h2-8,10,16,22H,9H2,1H3,(H,19,20,21). The van der Waals surface area contributed by atoms with Crippen LogP contribution in [-0.2, 0) is 0 Å². The van der Waals surface area contributed by atoms with Gasteiger partial charge in [0.25, 0.3) is 0 Å². The van der Waals surface area contributed by atoms with E-state index >= 15 is 0 Å². The maximum Gasteiger partial charge on any atom is 0.137 e. The minimum Gasteiger partial charge on any atom is -0.387 e. The average molecular weight is 314 g/mol. The molecule has 0 spiro atoms. The molecule has 3 rings (SSSR count). The average Bonchev–Trinajstić information content (AvgIpc) is 2.53. The Kier molecular flexibility index (Phi) is 4.22. The van der Waals surface area contributed by atoms with Crippen LogP contribution in [0.15, 0.2) is 48.8 Å². The Morgan fingerprint density at radius 3 is 2.82 bits per heavy atom. The number of anilines is 1. The normalized spacial score (nSPS) is 12.3. The summed E-state index contributed by atoms with van der Waals surface area (Å²) in [5.74, 6) is 0.708. The van der Waals surface area contributed by atoms with Gasteiger partial charge in [0.05, 0.1) is 11.6 Å². The molecule has 0 radical (unpaired) electrons. The monoisotopic (exact) mass is 313 g/mol. The maximum atomic E-state index is 10.3. The summed E-state index contributed by atoms with van der Waals surface area (Å²) in [4.78, 5) is 8.52. The van der Waals surface area contributed by atoms with Gasteiger partial charge < -0.3 is 10.4 Å². The van der Waals surface area contributed by atoms with Gasteiger partial charge in [0.15, 0.2) is 0 Å². The molecule has 0 saturated carbocycles. The Balaban J connectivity index is 1.82. The lowest BCUT2D eigenvalue weighted by molar-refractivity contribution is 0.191. The Bertz CT molecular complexity index is 807. The molecule has 5 heteroatoms. The summed E-state index contributed by atoms with van der Waals surface area (Å²) in [7, 11) is 0. The highest BCUT2D eigenvalue weighted by atomic mass is 35.5. The van der Waals surface area contributed by atoms with Crippen molar-refractivity contribution in [3.63, 3.8) is 0 Å². The minimum atomic E-state index is -0.705. The Morgan fingerprint density at radius 2 is 2.00 bits per heavy atom. The lowest BCUT2D eigenvalue weighted by Gasteiger charge is -2.15. The third kappa shape index (κ3) is 3.03. The third-order valence-electron chi connectivity index (χ3n) is 3.52. The van der Waals surface area contributed by atoms with Crippen molar-refractivity contribution in [1.82, 2.24) is 9.97 Å². The van der Waals surface area contributed by atoms with Crippen LogP contribution in [0.1, 0.15) is 17.2 Å². The van der Waals surface area contributed by atoms with E-state index in [1.165, 1.54) is 6.33 Å². The van der Waals surface area contributed by atoms with E-state index < -0.39 is 6.10 Å². The van der Waals surface area contributed by atoms with E-state index in [4.69, 9.17) is 11.6 Å². The van der Waals surface area contributed by atoms with Crippen molar-refractivity contribution in [2.24, 2.45) is 0 Å². The predicted molar refractivity (Wildman–Crippen MR) is 89.2 cm³/mol. The molecule has 1 heterocycles. The number of halogens is 1. The van der Waals surface area contributed by atoms with Crippen LogP contribution in [0.25, 0.3) is 10.9 Å². The second kappa shape index (κ2) is 6.30. The number of aromatic nitrogens is 2. The van der Waals surface area contributed by atoms with Gasteiger partial charge in [0.1, 0.15) is 12.1 Å². The van der Waals surface area contributed by atoms with Crippen LogP contribution in [0.2, 0.25) is 5.02 Å². The zero-order valence-corrected chi connectivity index (χ0v) is 12.9. The highest BCUT2D eigenvalue weighted by molar-refractivity contribution is 6.31. The number of aryl methyl sites for hydroxylation is 1. The zero-order valence-electron chi connectivity index (χ0n) is 12.1. The van der Waals surface area contributed by atoms with Crippen LogP contribution in [0.3, 0.4) is 0 Å². The first-order chi connectivity index (χ1) is 10.6. The number of hydrogen-bond donors (Lipinski definition) is 2. The fourth-order valence-corrected chi connectivity index (χ4v) is 2.62. The van der Waals surface area contributed by atoms with Gasteiger partial charge >= 0.3 is 0 Å². The molecular formula is C17H16ClN3O. The zero-order chi connectivity index (χ0) is 15.5. The van der Waals surface area contributed by atoms with E-state index in [9.17, 15) is 5.11 Å². The smallest absolute Gasteiger partial charge is 0.137 e. The summed E-state index contributed by atoms with van der Waals surface area (Å²) in [5.41, 5.74) is 2.71. The number of aliphatic hydroxyl groups excluding tert-OH is 1. The largest absolute Gasteiger partial charge is 0.387 e. The van der Waals surface area contributed by atoms with E-state index in [1.54, 1.807) is 6.07 Å². The molecule has 1 unspecified atom stereocenters. The van der Waals surface area contributed by atoms with Crippen molar-refractivity contribution < 1.29 is 5.11 Å². The molecule has 0 aliphatic rings. The minimum absolute atomic E-state index is 0.323. The first kappa shape index (κ1) is 14.8. The first-order valence-corrected chi connectivity index (χ1v) is 7.40. The van der Waals surface area contributed by atoms with Gasteiger partial charge in [-0.3, -0.25) is 0 Å². The Morgan fingerprint density at radius 1 is 1.18 bits per heavy atom. The molecule has 0 saturated heterocycles. The van der Waals surface area contributed by atoms with Crippen LogP contribution < -0.4 is 5.32 Å². The fourth-order valence-electron chi connectivity index (χ4n) is 2.36. The van der Waals surface area contributed by atoms with Crippen molar-refractivity contribution in [2.45, 2.75) is 13.0 Å². The van der Waals surface area contributed by atoms with Gasteiger partial charge in [0.2, 0.25) is 0 Å². The Labute approximate surface area is 133 Å². The topological polar surface area (TPSA) is 58.0 Å². The van der Waals surface area contributed by atoms with Gasteiger partial charge in [-0.05, 0) is 25.1 Å². The van der Waals surface area contributed by atoms with Crippen LogP contribution >= 0.6 is 11.6 Å². The Hall–Kier alpha value is -2.17. The molecule has 0 aliphatic carbocycles. The fraction of sp³-hybridized carbons (Fsp3) is 0.176. The second-order valence-corrected chi connectivity index (χ2v) is 5.57. The van der Waals surface area contributed by atoms with Crippen molar-refractivity contribution in [3.8, 4) is 0 Å². The molecule has 3 aromatic rings. The van der Waals surface area contributed by atoms with Gasteiger partial charge in [0, 0.05) is 22.5 Å². The summed E-state index contributed by atoms with van der Waals surface area (Å²) in [6, 6.07) is 13.3. The highest BCUT2D eigenvalue weighted by Crippen LogP contribution is 2.24. The number of nitrogens with zero attached hydrogens (tertiary/aromatic N) is 2. The van der Waals surface area contributed by atoms with Crippen LogP contribution in [0.5, 0.6) is 0 Å². The molecule has 0 fully saturated rings. The molecule has 2 N–H and O–H groups in total. The summed E-state index contributed by atoms with van der Waals surface area (Å²) in [5, 5.41) is 15.0. The van der Waals surface area contributed by atoms with Gasteiger partial charge in [-0.2, -0.15) is 0 Å². The molecule has 0 bridgehead atoms. The summed E-state index contributed by atoms with van der Waals surface area (Å²) in [6.45, 7) is 2.35. The molecule has 0 aliphatic heterocycles. The number of nitrogens with one attached hydrogen (secondary N) is 1. The van der Waals surface area contributed by atoms with Crippen molar-refractivity contribution >= 4 is 28.3 Å². The van der Waals surface area contributed by atoms with Crippen molar-refractivity contribution in [1.29, 1.82) is 0 Å². The number of hydrogen-bond acceptors (Lipinski definition) is 4. The van der Waals surface area contributed by atoms with E-state index in [0.717, 1.165) is 16.5 Å². The van der Waals surface area contributed by atoms with Crippen LogP contribution in [-0.4, -0.2) is 21.6 Å². The quantitative estimate of drug-likeness (QED) is 0.770. The predicted octanol–water partition coefficient (Wildman–Crippen LogP) is 3.74. The van der Waals surface area contributed by atoms with Gasteiger partial charge in [-0.1, -0.05) is 41.4 Å². The second-order valence-electron chi connectivity index (χ2n) is 5.16. The van der Waals surface area contributed by atoms with Crippen LogP contribution in [0.4, 0.5) is 5.82 Å². The molecular weight excluding hydrogens is 298 g/mol. The maximum absolute atomic E-state index is 10.3. The highest BCUT2D eigenvalue weighted by Gasteiger charge is 2.12. The third-order valence-corrected chi connectivity index (χ3v) is 3.86. The number of aliphatic hydroxyl groups is 1. The molecule has 2 aromatic carbocycles. The number of benzene rings is 2. The summed E-state index contributed by atoms with van der Waals surface area (Å²) >= 11 is 6.10. The molecule has 22 heavy (non-hydrogen) atoms. The van der Waals surface area contributed by atoms with Gasteiger partial charge in [-0.25, -0.2) is 9.97 Å². The first-order valence-electron chi connectivity index (χ1n) is 7.03. The summed E-state index contributed by atoms with van der Waals surface area (Å²) < 4.78 is 0. The van der Waals surface area contributed by atoms with Crippen molar-refractivity contribution in [3.05, 3.63) is 64.9 Å². The SMILES string of the molecule is Cc1ccc2ncnc(NCC(O)c3ccccc3Cl)c2c1. The van der Waals surface area contributed by atoms with Crippen molar-refractivity contribution in [2.75, 3.05) is 11.9 Å². The van der Waals surface area contributed by atoms with Crippen LogP contribution in [0, 0.1) is 6.92 Å². The number of rotatable bonds is 4. The summed E-state index contributed by atoms with van der Waals surface area (Å²) in [6.07, 6.45) is 0.811.